The Labute approximate surface area is 102 Å². The molecule has 0 radical (unpaired) electrons. The first-order valence-corrected chi connectivity index (χ1v) is 6.92. The molecule has 0 saturated heterocycles. The van der Waals surface area contributed by atoms with E-state index in [2.05, 4.69) is 4.68 Å². The van der Waals surface area contributed by atoms with Crippen molar-refractivity contribution in [3.8, 4) is 0 Å². The highest BCUT2D eigenvalue weighted by Gasteiger charge is 2.25. The average molecular weight is 232 g/mol. The van der Waals surface area contributed by atoms with Gasteiger partial charge in [-0.25, -0.2) is 0 Å². The van der Waals surface area contributed by atoms with Gasteiger partial charge in [0.25, 0.3) is 0 Å². The van der Waals surface area contributed by atoms with E-state index in [1.165, 1.54) is 51.4 Å². The maximum Gasteiger partial charge on any atom is 0.153 e. The van der Waals surface area contributed by atoms with E-state index in [1.54, 1.807) is 0 Å². The quantitative estimate of drug-likeness (QED) is 0.748. The van der Waals surface area contributed by atoms with Crippen LogP contribution in [0.15, 0.2) is 6.20 Å². The largest absolute Gasteiger partial charge is 0.298 e. The van der Waals surface area contributed by atoms with E-state index in [-0.39, 0.29) is 0 Å². The molecule has 1 aromatic heterocycles. The fourth-order valence-corrected chi connectivity index (χ4v) is 3.38. The SMILES string of the molecule is O=Cc1cn(C2CCCC2)nc1C1CCCC1. The van der Waals surface area contributed by atoms with Gasteiger partial charge in [0.2, 0.25) is 0 Å². The highest BCUT2D eigenvalue weighted by molar-refractivity contribution is 5.76. The molecule has 17 heavy (non-hydrogen) atoms. The highest BCUT2D eigenvalue weighted by atomic mass is 16.1. The Hall–Kier alpha value is -1.12. The number of rotatable bonds is 3. The van der Waals surface area contributed by atoms with Gasteiger partial charge < -0.3 is 0 Å². The lowest BCUT2D eigenvalue weighted by molar-refractivity contribution is 0.112. The molecule has 0 atom stereocenters. The summed E-state index contributed by atoms with van der Waals surface area (Å²) >= 11 is 0. The van der Waals surface area contributed by atoms with Crippen LogP contribution in [-0.2, 0) is 0 Å². The van der Waals surface area contributed by atoms with Crippen molar-refractivity contribution in [2.24, 2.45) is 0 Å². The summed E-state index contributed by atoms with van der Waals surface area (Å²) in [6.07, 6.45) is 13.0. The monoisotopic (exact) mass is 232 g/mol. The molecule has 2 fully saturated rings. The van der Waals surface area contributed by atoms with Crippen LogP contribution in [0.5, 0.6) is 0 Å². The zero-order chi connectivity index (χ0) is 11.7. The Morgan fingerprint density at radius 2 is 1.76 bits per heavy atom. The molecule has 0 N–H and O–H groups in total. The maximum atomic E-state index is 11.2. The van der Waals surface area contributed by atoms with Crippen LogP contribution in [0.3, 0.4) is 0 Å². The van der Waals surface area contributed by atoms with Crippen molar-refractivity contribution >= 4 is 6.29 Å². The number of aldehydes is 1. The van der Waals surface area contributed by atoms with Gasteiger partial charge in [0.15, 0.2) is 6.29 Å². The van der Waals surface area contributed by atoms with E-state index >= 15 is 0 Å². The van der Waals surface area contributed by atoms with E-state index in [9.17, 15) is 4.79 Å². The number of carbonyl (C=O) groups excluding carboxylic acids is 1. The Morgan fingerprint density at radius 3 is 2.41 bits per heavy atom. The van der Waals surface area contributed by atoms with E-state index in [4.69, 9.17) is 5.10 Å². The lowest BCUT2D eigenvalue weighted by Crippen LogP contribution is -2.06. The average Bonchev–Trinajstić information content (AvgIpc) is 3.09. The first-order valence-electron chi connectivity index (χ1n) is 6.92. The van der Waals surface area contributed by atoms with Crippen LogP contribution < -0.4 is 0 Å². The Morgan fingerprint density at radius 1 is 1.12 bits per heavy atom. The van der Waals surface area contributed by atoms with Gasteiger partial charge >= 0.3 is 0 Å². The lowest BCUT2D eigenvalue weighted by Gasteiger charge is -2.10. The summed E-state index contributed by atoms with van der Waals surface area (Å²) in [6, 6.07) is 0.545. The van der Waals surface area contributed by atoms with Crippen molar-refractivity contribution in [1.82, 2.24) is 9.78 Å². The van der Waals surface area contributed by atoms with Gasteiger partial charge in [0, 0.05) is 12.1 Å². The van der Waals surface area contributed by atoms with Gasteiger partial charge in [-0.05, 0) is 25.7 Å². The van der Waals surface area contributed by atoms with Gasteiger partial charge in [0.1, 0.15) is 0 Å². The standard InChI is InChI=1S/C14H20N2O/c17-10-12-9-16(13-7-3-4-8-13)15-14(12)11-5-1-2-6-11/h9-11,13H,1-8H2. The van der Waals surface area contributed by atoms with Crippen LogP contribution in [0, 0.1) is 0 Å². The van der Waals surface area contributed by atoms with Crippen LogP contribution in [0.25, 0.3) is 0 Å². The van der Waals surface area contributed by atoms with Crippen molar-refractivity contribution in [2.45, 2.75) is 63.3 Å². The molecule has 3 rings (SSSR count). The summed E-state index contributed by atoms with van der Waals surface area (Å²) in [7, 11) is 0. The maximum absolute atomic E-state index is 11.2. The second-order valence-corrected chi connectivity index (χ2v) is 5.49. The number of hydrogen-bond acceptors (Lipinski definition) is 2. The number of carbonyl (C=O) groups is 1. The van der Waals surface area contributed by atoms with Crippen molar-refractivity contribution in [2.75, 3.05) is 0 Å². The van der Waals surface area contributed by atoms with E-state index in [0.29, 0.717) is 12.0 Å². The fraction of sp³-hybridized carbons (Fsp3) is 0.714. The third-order valence-corrected chi connectivity index (χ3v) is 4.36. The minimum atomic E-state index is 0.540. The second-order valence-electron chi connectivity index (χ2n) is 5.49. The first-order chi connectivity index (χ1) is 8.38. The molecule has 3 nitrogen and oxygen atoms in total. The molecular weight excluding hydrogens is 212 g/mol. The molecule has 2 saturated carbocycles. The zero-order valence-electron chi connectivity index (χ0n) is 10.3. The van der Waals surface area contributed by atoms with Gasteiger partial charge in [-0.3, -0.25) is 9.48 Å². The van der Waals surface area contributed by atoms with Crippen molar-refractivity contribution < 1.29 is 4.79 Å². The Balaban J connectivity index is 1.88. The van der Waals surface area contributed by atoms with Gasteiger partial charge in [-0.2, -0.15) is 5.10 Å². The fourth-order valence-electron chi connectivity index (χ4n) is 3.38. The van der Waals surface area contributed by atoms with Crippen molar-refractivity contribution in [3.63, 3.8) is 0 Å². The third-order valence-electron chi connectivity index (χ3n) is 4.36. The molecule has 0 aromatic carbocycles. The van der Waals surface area contributed by atoms with Crippen LogP contribution in [0.1, 0.15) is 79.4 Å². The molecule has 1 aromatic rings. The van der Waals surface area contributed by atoms with E-state index in [1.807, 2.05) is 6.20 Å². The molecule has 3 heteroatoms. The van der Waals surface area contributed by atoms with Crippen molar-refractivity contribution in [1.29, 1.82) is 0 Å². The van der Waals surface area contributed by atoms with Gasteiger partial charge in [0.05, 0.1) is 17.3 Å². The molecule has 0 unspecified atom stereocenters. The van der Waals surface area contributed by atoms with Crippen LogP contribution in [-0.4, -0.2) is 16.1 Å². The summed E-state index contributed by atoms with van der Waals surface area (Å²) in [5.41, 5.74) is 1.91. The molecule has 2 aliphatic rings. The molecule has 1 heterocycles. The Kier molecular flexibility index (Phi) is 3.00. The predicted octanol–water partition coefficient (Wildman–Crippen LogP) is 3.47. The number of aromatic nitrogens is 2. The topological polar surface area (TPSA) is 34.9 Å². The number of hydrogen-bond donors (Lipinski definition) is 0. The normalized spacial score (nSPS) is 22.4. The molecule has 92 valence electrons. The zero-order valence-corrected chi connectivity index (χ0v) is 10.3. The van der Waals surface area contributed by atoms with Gasteiger partial charge in [-0.15, -0.1) is 0 Å². The molecular formula is C14H20N2O. The summed E-state index contributed by atoms with van der Waals surface area (Å²) in [5, 5.41) is 4.73. The number of nitrogens with zero attached hydrogens (tertiary/aromatic N) is 2. The molecule has 0 bridgehead atoms. The molecule has 2 aliphatic carbocycles. The van der Waals surface area contributed by atoms with Crippen molar-refractivity contribution in [3.05, 3.63) is 17.5 Å². The van der Waals surface area contributed by atoms with Crippen LogP contribution >= 0.6 is 0 Å². The van der Waals surface area contributed by atoms with Crippen LogP contribution in [0.4, 0.5) is 0 Å². The van der Waals surface area contributed by atoms with E-state index < -0.39 is 0 Å². The summed E-state index contributed by atoms with van der Waals surface area (Å²) in [6.45, 7) is 0. The Bertz CT molecular complexity index is 398. The lowest BCUT2D eigenvalue weighted by atomic mass is 10.0. The summed E-state index contributed by atoms with van der Waals surface area (Å²) in [5.74, 6) is 0.540. The first kappa shape index (κ1) is 11.0. The highest BCUT2D eigenvalue weighted by Crippen LogP contribution is 2.36. The summed E-state index contributed by atoms with van der Waals surface area (Å²) in [4.78, 5) is 11.2. The third kappa shape index (κ3) is 2.03. The smallest absolute Gasteiger partial charge is 0.153 e. The minimum Gasteiger partial charge on any atom is -0.298 e. The molecule has 0 aliphatic heterocycles. The molecule has 0 amide bonds. The summed E-state index contributed by atoms with van der Waals surface area (Å²) < 4.78 is 2.07. The van der Waals surface area contributed by atoms with E-state index in [0.717, 1.165) is 17.5 Å². The minimum absolute atomic E-state index is 0.540. The second kappa shape index (κ2) is 4.63. The van der Waals surface area contributed by atoms with Crippen LogP contribution in [0.2, 0.25) is 0 Å². The van der Waals surface area contributed by atoms with Gasteiger partial charge in [-0.1, -0.05) is 25.7 Å². The molecule has 0 spiro atoms. The predicted molar refractivity (Wildman–Crippen MR) is 66.3 cm³/mol.